The Morgan fingerprint density at radius 2 is 2.00 bits per heavy atom. The van der Waals surface area contributed by atoms with Gasteiger partial charge in [-0.25, -0.2) is 4.79 Å². The minimum Gasteiger partial charge on any atom is -0.464 e. The molecule has 2 rings (SSSR count). The molecule has 1 aliphatic rings. The van der Waals surface area contributed by atoms with Crippen molar-refractivity contribution < 1.29 is 14.3 Å². The minimum atomic E-state index is -0.543. The zero-order chi connectivity index (χ0) is 18.6. The van der Waals surface area contributed by atoms with Crippen LogP contribution in [0.4, 0.5) is 0 Å². The van der Waals surface area contributed by atoms with Gasteiger partial charge in [0, 0.05) is 16.3 Å². The number of rotatable bonds is 6. The normalized spacial score (nSPS) is 20.4. The summed E-state index contributed by atoms with van der Waals surface area (Å²) >= 11 is 7.68. The number of esters is 1. The largest absolute Gasteiger partial charge is 0.464 e. The Hall–Kier alpha value is -1.20. The number of thioether (sulfide) groups is 1. The lowest BCUT2D eigenvalue weighted by Gasteiger charge is -2.29. The van der Waals surface area contributed by atoms with Gasteiger partial charge in [0.25, 0.3) is 5.91 Å². The van der Waals surface area contributed by atoms with Crippen molar-refractivity contribution >= 4 is 35.2 Å². The van der Waals surface area contributed by atoms with Gasteiger partial charge in [0.1, 0.15) is 6.04 Å². The van der Waals surface area contributed by atoms with Gasteiger partial charge in [-0.15, -0.1) is 11.8 Å². The van der Waals surface area contributed by atoms with Crippen molar-refractivity contribution in [3.63, 3.8) is 0 Å². The molecule has 1 amide bonds. The van der Waals surface area contributed by atoms with E-state index in [2.05, 4.69) is 13.8 Å². The van der Waals surface area contributed by atoms with E-state index < -0.39 is 6.04 Å². The Morgan fingerprint density at radius 1 is 1.28 bits per heavy atom. The Balaban J connectivity index is 2.23. The molecule has 0 saturated carbocycles. The molecule has 0 aromatic heterocycles. The lowest BCUT2D eigenvalue weighted by atomic mass is 10.1. The molecular weight excluding hydrogens is 358 g/mol. The van der Waals surface area contributed by atoms with E-state index in [-0.39, 0.29) is 23.2 Å². The predicted octanol–water partition coefficient (Wildman–Crippen LogP) is 4.47. The first-order valence-electron chi connectivity index (χ1n) is 8.66. The molecule has 0 N–H and O–H groups in total. The van der Waals surface area contributed by atoms with Crippen LogP contribution in [0.2, 0.25) is 5.02 Å². The monoisotopic (exact) mass is 383 g/mol. The van der Waals surface area contributed by atoms with Crippen LogP contribution in [0.15, 0.2) is 24.3 Å². The van der Waals surface area contributed by atoms with Gasteiger partial charge in [0.15, 0.2) is 0 Å². The average Bonchev–Trinajstić information content (AvgIpc) is 2.94. The van der Waals surface area contributed by atoms with Crippen LogP contribution >= 0.6 is 23.4 Å². The minimum absolute atomic E-state index is 0.0249. The first-order valence-corrected chi connectivity index (χ1v) is 10.1. The molecule has 6 heteroatoms. The maximum atomic E-state index is 13.1. The van der Waals surface area contributed by atoms with Crippen molar-refractivity contribution in [2.75, 3.05) is 12.4 Å². The van der Waals surface area contributed by atoms with Gasteiger partial charge < -0.3 is 9.64 Å². The lowest BCUT2D eigenvalue weighted by Crippen LogP contribution is -2.46. The summed E-state index contributed by atoms with van der Waals surface area (Å²) < 4.78 is 5.41. The van der Waals surface area contributed by atoms with E-state index in [4.69, 9.17) is 16.3 Å². The van der Waals surface area contributed by atoms with E-state index in [9.17, 15) is 9.59 Å². The highest BCUT2D eigenvalue weighted by atomic mass is 35.5. The van der Waals surface area contributed by atoms with Crippen LogP contribution in [0.3, 0.4) is 0 Å². The average molecular weight is 384 g/mol. The SMILES string of the molecule is CC(C)COC(=O)C1CSC(CC(C)C)N1C(=O)c1cccc(Cl)c1. The van der Waals surface area contributed by atoms with Gasteiger partial charge in [0.05, 0.1) is 12.0 Å². The maximum Gasteiger partial charge on any atom is 0.329 e. The highest BCUT2D eigenvalue weighted by Crippen LogP contribution is 2.35. The molecule has 0 bridgehead atoms. The molecule has 25 heavy (non-hydrogen) atoms. The van der Waals surface area contributed by atoms with Gasteiger partial charge in [0.2, 0.25) is 0 Å². The van der Waals surface area contributed by atoms with Crippen LogP contribution in [0.1, 0.15) is 44.5 Å². The van der Waals surface area contributed by atoms with Crippen LogP contribution < -0.4 is 0 Å². The molecule has 1 aromatic carbocycles. The van der Waals surface area contributed by atoms with E-state index in [0.717, 1.165) is 6.42 Å². The highest BCUT2D eigenvalue weighted by Gasteiger charge is 2.42. The second-order valence-corrected chi connectivity index (χ2v) is 8.83. The Morgan fingerprint density at radius 3 is 2.60 bits per heavy atom. The Kier molecular flexibility index (Phi) is 7.20. The second kappa shape index (κ2) is 8.95. The molecule has 1 fully saturated rings. The van der Waals surface area contributed by atoms with Gasteiger partial charge in [-0.2, -0.15) is 0 Å². The van der Waals surface area contributed by atoms with Crippen LogP contribution in [-0.2, 0) is 9.53 Å². The van der Waals surface area contributed by atoms with Crippen molar-refractivity contribution in [1.29, 1.82) is 0 Å². The standard InChI is InChI=1S/C19H26ClNO3S/c1-12(2)8-17-21(18(22)14-6-5-7-15(20)9-14)16(11-25-17)19(23)24-10-13(3)4/h5-7,9,12-13,16-17H,8,10-11H2,1-4H3. The van der Waals surface area contributed by atoms with Crippen LogP contribution in [0.5, 0.6) is 0 Å². The molecule has 2 atom stereocenters. The number of ether oxygens (including phenoxy) is 1. The Labute approximate surface area is 159 Å². The van der Waals surface area contributed by atoms with Crippen molar-refractivity contribution in [1.82, 2.24) is 4.90 Å². The molecule has 1 aliphatic heterocycles. The van der Waals surface area contributed by atoms with Crippen molar-refractivity contribution in [2.24, 2.45) is 11.8 Å². The number of nitrogens with zero attached hydrogens (tertiary/aromatic N) is 1. The molecule has 1 aromatic rings. The van der Waals surface area contributed by atoms with Crippen LogP contribution in [0.25, 0.3) is 0 Å². The molecule has 0 aliphatic carbocycles. The Bertz CT molecular complexity index is 620. The zero-order valence-corrected chi connectivity index (χ0v) is 16.8. The number of benzene rings is 1. The van der Waals surface area contributed by atoms with E-state index in [0.29, 0.717) is 28.9 Å². The van der Waals surface area contributed by atoms with Gasteiger partial charge >= 0.3 is 5.97 Å². The quantitative estimate of drug-likeness (QED) is 0.680. The second-order valence-electron chi connectivity index (χ2n) is 7.18. The number of amides is 1. The van der Waals surface area contributed by atoms with Gasteiger partial charge in [-0.3, -0.25) is 4.79 Å². The summed E-state index contributed by atoms with van der Waals surface area (Å²) in [6, 6.07) is 6.33. The van der Waals surface area contributed by atoms with E-state index in [1.807, 2.05) is 13.8 Å². The first-order chi connectivity index (χ1) is 11.8. The summed E-state index contributed by atoms with van der Waals surface area (Å²) in [5, 5.41) is 0.486. The molecule has 138 valence electrons. The maximum absolute atomic E-state index is 13.1. The molecule has 0 radical (unpaired) electrons. The number of halogens is 1. The highest BCUT2D eigenvalue weighted by molar-refractivity contribution is 8.00. The number of hydrogen-bond acceptors (Lipinski definition) is 4. The summed E-state index contributed by atoms with van der Waals surface area (Å²) in [4.78, 5) is 27.3. The molecule has 4 nitrogen and oxygen atoms in total. The van der Waals surface area contributed by atoms with Crippen molar-refractivity contribution in [3.05, 3.63) is 34.9 Å². The smallest absolute Gasteiger partial charge is 0.329 e. The first kappa shape index (κ1) is 20.1. The summed E-state index contributed by atoms with van der Waals surface area (Å²) in [7, 11) is 0. The van der Waals surface area contributed by atoms with Gasteiger partial charge in [-0.05, 0) is 36.5 Å². The van der Waals surface area contributed by atoms with E-state index in [1.165, 1.54) is 0 Å². The molecule has 1 saturated heterocycles. The summed E-state index contributed by atoms with van der Waals surface area (Å²) in [5.41, 5.74) is 0.505. The van der Waals surface area contributed by atoms with E-state index >= 15 is 0 Å². The fourth-order valence-corrected chi connectivity index (χ4v) is 4.53. The summed E-state index contributed by atoms with van der Waals surface area (Å²) in [5.74, 6) is 0.785. The fourth-order valence-electron chi connectivity index (χ4n) is 2.72. The molecule has 1 heterocycles. The third-order valence-electron chi connectivity index (χ3n) is 3.90. The van der Waals surface area contributed by atoms with Crippen molar-refractivity contribution in [2.45, 2.75) is 45.5 Å². The molecule has 0 spiro atoms. The topological polar surface area (TPSA) is 46.6 Å². The van der Waals surface area contributed by atoms with Crippen molar-refractivity contribution in [3.8, 4) is 0 Å². The molecule has 2 unspecified atom stereocenters. The van der Waals surface area contributed by atoms with Crippen LogP contribution in [0, 0.1) is 11.8 Å². The van der Waals surface area contributed by atoms with E-state index in [1.54, 1.807) is 40.9 Å². The third kappa shape index (κ3) is 5.38. The summed E-state index contributed by atoms with van der Waals surface area (Å²) in [6.07, 6.45) is 0.838. The molecular formula is C19H26ClNO3S. The summed E-state index contributed by atoms with van der Waals surface area (Å²) in [6.45, 7) is 8.59. The fraction of sp³-hybridized carbons (Fsp3) is 0.579. The number of hydrogen-bond donors (Lipinski definition) is 0. The predicted molar refractivity (Wildman–Crippen MR) is 103 cm³/mol. The third-order valence-corrected chi connectivity index (χ3v) is 5.45. The zero-order valence-electron chi connectivity index (χ0n) is 15.2. The van der Waals surface area contributed by atoms with Crippen LogP contribution in [-0.4, -0.2) is 40.6 Å². The van der Waals surface area contributed by atoms with Gasteiger partial charge in [-0.1, -0.05) is 45.4 Å². The lowest BCUT2D eigenvalue weighted by molar-refractivity contribution is -0.149. The number of carbonyl (C=O) groups excluding carboxylic acids is 2. The number of carbonyl (C=O) groups is 2.